The van der Waals surface area contributed by atoms with Crippen molar-refractivity contribution in [3.8, 4) is 0 Å². The summed E-state index contributed by atoms with van der Waals surface area (Å²) in [6.45, 7) is 3.17. The van der Waals surface area contributed by atoms with Crippen LogP contribution in [0.2, 0.25) is 0 Å². The van der Waals surface area contributed by atoms with Gasteiger partial charge in [-0.2, -0.15) is 13.2 Å². The van der Waals surface area contributed by atoms with Crippen molar-refractivity contribution < 1.29 is 46.2 Å². The first-order valence-corrected chi connectivity index (χ1v) is 8.90. The summed E-state index contributed by atoms with van der Waals surface area (Å²) >= 11 is 0. The maximum Gasteiger partial charge on any atom is 0.416 e. The normalized spacial score (nSPS) is 24.6. The minimum absolute atomic E-state index is 0.159. The zero-order valence-electron chi connectivity index (χ0n) is 15.3. The first-order chi connectivity index (χ1) is 12.7. The number of ether oxygens (including phenoxy) is 1. The van der Waals surface area contributed by atoms with Gasteiger partial charge in [-0.3, -0.25) is 9.59 Å². The smallest absolute Gasteiger partial charge is 0.416 e. The molecule has 11 heteroatoms. The average molecular weight is 415 g/mol. The predicted octanol–water partition coefficient (Wildman–Crippen LogP) is 3.69. The number of nitrogens with zero attached hydrogens (tertiary/aromatic N) is 1. The molecule has 1 heterocycles. The molecule has 0 aromatic heterocycles. The average Bonchev–Trinajstić information content (AvgIpc) is 2.89. The quantitative estimate of drug-likeness (QED) is 0.641. The van der Waals surface area contributed by atoms with Gasteiger partial charge >= 0.3 is 18.2 Å². The van der Waals surface area contributed by atoms with E-state index >= 15 is 0 Å². The second kappa shape index (κ2) is 7.82. The Hall–Kier alpha value is -1.94. The highest BCUT2D eigenvalue weighted by Gasteiger charge is 2.55. The molecule has 0 radical (unpaired) electrons. The van der Waals surface area contributed by atoms with E-state index in [4.69, 9.17) is 4.74 Å². The molecule has 1 saturated carbocycles. The third-order valence-electron chi connectivity index (χ3n) is 5.32. The SMILES string of the molecule is CC(C)C1COC(=O)N1C(=O)C(CCC(F)(F)F)C(C(=O)O)C1CC(F)(F)C1. The third kappa shape index (κ3) is 4.91. The number of hydrogen-bond donors (Lipinski definition) is 1. The molecule has 1 aliphatic heterocycles. The van der Waals surface area contributed by atoms with E-state index in [9.17, 15) is 41.4 Å². The van der Waals surface area contributed by atoms with E-state index in [-0.39, 0.29) is 12.5 Å². The number of carboxylic acids is 1. The molecule has 2 rings (SSSR count). The maximum atomic E-state index is 13.2. The van der Waals surface area contributed by atoms with E-state index in [1.807, 2.05) is 0 Å². The number of rotatable bonds is 7. The van der Waals surface area contributed by atoms with Gasteiger partial charge in [0.25, 0.3) is 0 Å². The highest BCUT2D eigenvalue weighted by Crippen LogP contribution is 2.49. The molecule has 160 valence electrons. The fourth-order valence-electron chi connectivity index (χ4n) is 3.80. The lowest BCUT2D eigenvalue weighted by Crippen LogP contribution is -2.52. The second-order valence-electron chi connectivity index (χ2n) is 7.75. The van der Waals surface area contributed by atoms with Crippen molar-refractivity contribution in [3.05, 3.63) is 0 Å². The molecule has 0 aromatic rings. The van der Waals surface area contributed by atoms with Crippen molar-refractivity contribution in [2.45, 2.75) is 57.7 Å². The Morgan fingerprint density at radius 1 is 1.29 bits per heavy atom. The zero-order valence-corrected chi connectivity index (χ0v) is 15.3. The van der Waals surface area contributed by atoms with Crippen LogP contribution in [0.1, 0.15) is 39.5 Å². The summed E-state index contributed by atoms with van der Waals surface area (Å²) in [6, 6.07) is -0.759. The third-order valence-corrected chi connectivity index (χ3v) is 5.32. The number of halogens is 5. The lowest BCUT2D eigenvalue weighted by atomic mass is 9.67. The highest BCUT2D eigenvalue weighted by molar-refractivity contribution is 5.96. The number of alkyl halides is 5. The number of hydrogen-bond acceptors (Lipinski definition) is 4. The predicted molar refractivity (Wildman–Crippen MR) is 84.4 cm³/mol. The van der Waals surface area contributed by atoms with Gasteiger partial charge in [-0.15, -0.1) is 0 Å². The van der Waals surface area contributed by atoms with Crippen molar-refractivity contribution in [2.24, 2.45) is 23.7 Å². The molecule has 2 fully saturated rings. The highest BCUT2D eigenvalue weighted by atomic mass is 19.4. The van der Waals surface area contributed by atoms with Crippen LogP contribution in [-0.2, 0) is 14.3 Å². The molecule has 2 amide bonds. The number of cyclic esters (lactones) is 1. The number of amides is 2. The van der Waals surface area contributed by atoms with Crippen molar-refractivity contribution in [1.82, 2.24) is 4.90 Å². The fourth-order valence-corrected chi connectivity index (χ4v) is 3.80. The van der Waals surface area contributed by atoms with Gasteiger partial charge in [-0.1, -0.05) is 13.8 Å². The Bertz CT molecular complexity index is 628. The van der Waals surface area contributed by atoms with Crippen molar-refractivity contribution in [1.29, 1.82) is 0 Å². The molecule has 3 atom stereocenters. The van der Waals surface area contributed by atoms with Gasteiger partial charge in [0.15, 0.2) is 0 Å². The van der Waals surface area contributed by atoms with Crippen LogP contribution < -0.4 is 0 Å². The Kier molecular flexibility index (Phi) is 6.25. The van der Waals surface area contributed by atoms with Crippen LogP contribution in [0, 0.1) is 23.7 Å². The minimum Gasteiger partial charge on any atom is -0.481 e. The van der Waals surface area contributed by atoms with E-state index in [1.165, 1.54) is 0 Å². The molecule has 28 heavy (non-hydrogen) atoms. The van der Waals surface area contributed by atoms with Crippen LogP contribution in [0.15, 0.2) is 0 Å². The Balaban J connectivity index is 2.33. The summed E-state index contributed by atoms with van der Waals surface area (Å²) in [6.07, 6.45) is -9.76. The molecule has 1 saturated heterocycles. The number of carbonyl (C=O) groups excluding carboxylic acids is 2. The standard InChI is InChI=1S/C17H22F5NO5/c1-8(2)11-7-28-15(27)23(11)13(24)10(3-4-17(20,21)22)12(14(25)26)9-5-16(18,19)6-9/h8-12H,3-7H2,1-2H3,(H,25,26). The minimum atomic E-state index is -4.67. The zero-order chi connectivity index (χ0) is 21.4. The largest absolute Gasteiger partial charge is 0.481 e. The molecule has 0 aromatic carbocycles. The molecule has 1 aliphatic carbocycles. The number of carbonyl (C=O) groups is 3. The maximum absolute atomic E-state index is 13.2. The molecule has 0 spiro atoms. The first kappa shape index (κ1) is 22.4. The summed E-state index contributed by atoms with van der Waals surface area (Å²) < 4.78 is 69.5. The van der Waals surface area contributed by atoms with E-state index in [2.05, 4.69) is 0 Å². The summed E-state index contributed by atoms with van der Waals surface area (Å²) in [5.41, 5.74) is 0. The summed E-state index contributed by atoms with van der Waals surface area (Å²) in [4.78, 5) is 37.3. The Labute approximate surface area is 158 Å². The fraction of sp³-hybridized carbons (Fsp3) is 0.824. The van der Waals surface area contributed by atoms with Gasteiger partial charge < -0.3 is 9.84 Å². The Morgan fingerprint density at radius 3 is 2.29 bits per heavy atom. The van der Waals surface area contributed by atoms with E-state index in [0.29, 0.717) is 4.90 Å². The Morgan fingerprint density at radius 2 is 1.86 bits per heavy atom. The lowest BCUT2D eigenvalue weighted by Gasteiger charge is -2.41. The summed E-state index contributed by atoms with van der Waals surface area (Å²) in [5.74, 6) is -10.8. The molecule has 2 aliphatic rings. The summed E-state index contributed by atoms with van der Waals surface area (Å²) in [5, 5.41) is 9.50. The van der Waals surface area contributed by atoms with Crippen molar-refractivity contribution >= 4 is 18.0 Å². The van der Waals surface area contributed by atoms with E-state index in [1.54, 1.807) is 13.8 Å². The topological polar surface area (TPSA) is 83.9 Å². The first-order valence-electron chi connectivity index (χ1n) is 8.90. The van der Waals surface area contributed by atoms with E-state index < -0.39 is 79.5 Å². The van der Waals surface area contributed by atoms with Gasteiger partial charge in [0, 0.05) is 19.3 Å². The number of imide groups is 1. The van der Waals surface area contributed by atoms with Gasteiger partial charge in [0.05, 0.1) is 17.9 Å². The number of carboxylic acid groups (broad SMARTS) is 1. The monoisotopic (exact) mass is 415 g/mol. The molecule has 3 unspecified atom stereocenters. The molecule has 0 bridgehead atoms. The van der Waals surface area contributed by atoms with Crippen molar-refractivity contribution in [3.63, 3.8) is 0 Å². The second-order valence-corrected chi connectivity index (χ2v) is 7.75. The molecule has 6 nitrogen and oxygen atoms in total. The lowest BCUT2D eigenvalue weighted by molar-refractivity contribution is -0.174. The van der Waals surface area contributed by atoms with Gasteiger partial charge in [-0.25, -0.2) is 18.5 Å². The van der Waals surface area contributed by atoms with Crippen molar-refractivity contribution in [2.75, 3.05) is 6.61 Å². The number of aliphatic carboxylic acids is 1. The molecule has 1 N–H and O–H groups in total. The summed E-state index contributed by atoms with van der Waals surface area (Å²) in [7, 11) is 0. The van der Waals surface area contributed by atoms with Crippen LogP contribution in [0.3, 0.4) is 0 Å². The van der Waals surface area contributed by atoms with Crippen LogP contribution in [0.4, 0.5) is 26.7 Å². The van der Waals surface area contributed by atoms with Crippen LogP contribution in [0.25, 0.3) is 0 Å². The van der Waals surface area contributed by atoms with Crippen LogP contribution in [-0.4, -0.2) is 52.7 Å². The van der Waals surface area contributed by atoms with Crippen LogP contribution in [0.5, 0.6) is 0 Å². The van der Waals surface area contributed by atoms with Gasteiger partial charge in [0.2, 0.25) is 11.8 Å². The van der Waals surface area contributed by atoms with Gasteiger partial charge in [0.1, 0.15) is 6.61 Å². The molecular weight excluding hydrogens is 393 g/mol. The molecular formula is C17H22F5NO5. The van der Waals surface area contributed by atoms with E-state index in [0.717, 1.165) is 0 Å². The van der Waals surface area contributed by atoms with Gasteiger partial charge in [-0.05, 0) is 18.3 Å². The van der Waals surface area contributed by atoms with Crippen LogP contribution >= 0.6 is 0 Å².